The van der Waals surface area contributed by atoms with Gasteiger partial charge in [0.15, 0.2) is 11.5 Å². The van der Waals surface area contributed by atoms with Crippen molar-refractivity contribution >= 4 is 0 Å². The van der Waals surface area contributed by atoms with E-state index in [4.69, 9.17) is 14.2 Å². The molecular weight excluding hydrogens is 270 g/mol. The van der Waals surface area contributed by atoms with Gasteiger partial charge in [-0.3, -0.25) is 0 Å². The molecule has 1 aromatic heterocycles. The van der Waals surface area contributed by atoms with Gasteiger partial charge >= 0.3 is 0 Å². The normalized spacial score (nSPS) is 10.5. The minimum absolute atomic E-state index is 0.544. The molecule has 6 heteroatoms. The molecule has 1 aromatic carbocycles. The fourth-order valence-electron chi connectivity index (χ4n) is 2.20. The quantitative estimate of drug-likeness (QED) is 0.884. The van der Waals surface area contributed by atoms with Crippen molar-refractivity contribution in [2.75, 3.05) is 21.3 Å². The van der Waals surface area contributed by atoms with Gasteiger partial charge in [-0.2, -0.15) is 5.10 Å². The first-order valence-corrected chi connectivity index (χ1v) is 6.68. The maximum Gasteiger partial charge on any atom is 0.222 e. The third kappa shape index (κ3) is 2.95. The van der Waals surface area contributed by atoms with Crippen LogP contribution >= 0.6 is 0 Å². The molecular formula is C15H21N3O3. The van der Waals surface area contributed by atoms with Crippen LogP contribution in [0.3, 0.4) is 0 Å². The molecule has 1 N–H and O–H groups in total. The van der Waals surface area contributed by atoms with Crippen molar-refractivity contribution in [3.8, 4) is 23.1 Å². The van der Waals surface area contributed by atoms with Gasteiger partial charge in [0.2, 0.25) is 11.6 Å². The second-order valence-corrected chi connectivity index (χ2v) is 4.62. The van der Waals surface area contributed by atoms with Gasteiger partial charge in [-0.05, 0) is 26.1 Å². The number of para-hydroxylation sites is 1. The highest BCUT2D eigenvalue weighted by atomic mass is 16.5. The summed E-state index contributed by atoms with van der Waals surface area (Å²) in [6, 6.07) is 5.52. The number of methoxy groups -OCH3 is 2. The van der Waals surface area contributed by atoms with Crippen LogP contribution in [0.1, 0.15) is 11.3 Å². The number of rotatable bonds is 6. The van der Waals surface area contributed by atoms with Crippen molar-refractivity contribution in [2.24, 2.45) is 7.05 Å². The summed E-state index contributed by atoms with van der Waals surface area (Å²) in [6.45, 7) is 2.63. The molecule has 0 fully saturated rings. The van der Waals surface area contributed by atoms with E-state index in [2.05, 4.69) is 10.4 Å². The molecule has 2 aromatic rings. The molecule has 114 valence electrons. The van der Waals surface area contributed by atoms with Gasteiger partial charge in [0, 0.05) is 13.6 Å². The number of ether oxygens (including phenoxy) is 3. The number of benzene rings is 1. The summed E-state index contributed by atoms with van der Waals surface area (Å²) in [5.74, 6) is 2.44. The van der Waals surface area contributed by atoms with Crippen LogP contribution in [-0.2, 0) is 13.6 Å². The predicted octanol–water partition coefficient (Wildman–Crippen LogP) is 2.26. The minimum atomic E-state index is 0.544. The van der Waals surface area contributed by atoms with Crippen molar-refractivity contribution in [3.05, 3.63) is 29.5 Å². The molecule has 0 aliphatic carbocycles. The number of nitrogens with one attached hydrogen (secondary N) is 1. The van der Waals surface area contributed by atoms with Gasteiger partial charge in [-0.25, -0.2) is 4.68 Å². The fourth-order valence-corrected chi connectivity index (χ4v) is 2.20. The zero-order valence-electron chi connectivity index (χ0n) is 13.1. The average molecular weight is 291 g/mol. The maximum absolute atomic E-state index is 6.07. The summed E-state index contributed by atoms with van der Waals surface area (Å²) >= 11 is 0. The monoisotopic (exact) mass is 291 g/mol. The van der Waals surface area contributed by atoms with Crippen LogP contribution in [0.5, 0.6) is 23.1 Å². The Labute approximate surface area is 124 Å². The smallest absolute Gasteiger partial charge is 0.222 e. The topological polar surface area (TPSA) is 57.5 Å². The van der Waals surface area contributed by atoms with Gasteiger partial charge in [0.05, 0.1) is 25.5 Å². The first kappa shape index (κ1) is 15.2. The summed E-state index contributed by atoms with van der Waals surface area (Å²) in [4.78, 5) is 0. The van der Waals surface area contributed by atoms with Crippen LogP contribution in [0, 0.1) is 6.92 Å². The second kappa shape index (κ2) is 6.49. The van der Waals surface area contributed by atoms with Gasteiger partial charge in [-0.1, -0.05) is 6.07 Å². The Kier molecular flexibility index (Phi) is 4.70. The standard InChI is InChI=1S/C15H21N3O3/c1-10-11(9-16-2)15(18(3)17-10)21-14-12(19-4)7-6-8-13(14)20-5/h6-8,16H,9H2,1-5H3. The van der Waals surface area contributed by atoms with Gasteiger partial charge in [0.1, 0.15) is 0 Å². The Morgan fingerprint density at radius 1 is 1.19 bits per heavy atom. The summed E-state index contributed by atoms with van der Waals surface area (Å²) < 4.78 is 18.5. The number of hydrogen-bond donors (Lipinski definition) is 1. The van der Waals surface area contributed by atoms with E-state index in [1.165, 1.54) is 0 Å². The Balaban J connectivity index is 2.47. The summed E-state index contributed by atoms with van der Waals surface area (Å²) in [5.41, 5.74) is 1.93. The molecule has 1 heterocycles. The lowest BCUT2D eigenvalue weighted by atomic mass is 10.2. The molecule has 0 amide bonds. The van der Waals surface area contributed by atoms with E-state index in [0.717, 1.165) is 11.3 Å². The Morgan fingerprint density at radius 2 is 1.81 bits per heavy atom. The number of hydrogen-bond acceptors (Lipinski definition) is 5. The van der Waals surface area contributed by atoms with E-state index in [-0.39, 0.29) is 0 Å². The van der Waals surface area contributed by atoms with Crippen LogP contribution in [0.4, 0.5) is 0 Å². The van der Waals surface area contributed by atoms with Crippen LogP contribution < -0.4 is 19.5 Å². The highest BCUT2D eigenvalue weighted by Crippen LogP contribution is 2.41. The van der Waals surface area contributed by atoms with Crippen molar-refractivity contribution in [1.29, 1.82) is 0 Å². The molecule has 0 unspecified atom stereocenters. The Hall–Kier alpha value is -2.21. The summed E-state index contributed by atoms with van der Waals surface area (Å²) in [7, 11) is 6.94. The van der Waals surface area contributed by atoms with Gasteiger partial charge in [0.25, 0.3) is 0 Å². The second-order valence-electron chi connectivity index (χ2n) is 4.62. The van der Waals surface area contributed by atoms with Crippen LogP contribution in [-0.4, -0.2) is 31.0 Å². The lowest BCUT2D eigenvalue weighted by Crippen LogP contribution is -2.07. The van der Waals surface area contributed by atoms with Gasteiger partial charge < -0.3 is 19.5 Å². The van der Waals surface area contributed by atoms with Crippen LogP contribution in [0.25, 0.3) is 0 Å². The predicted molar refractivity (Wildman–Crippen MR) is 80.3 cm³/mol. The third-order valence-corrected chi connectivity index (χ3v) is 3.22. The lowest BCUT2D eigenvalue weighted by molar-refractivity contribution is 0.333. The zero-order valence-corrected chi connectivity index (χ0v) is 13.1. The molecule has 0 saturated heterocycles. The average Bonchev–Trinajstić information content (AvgIpc) is 2.74. The number of nitrogens with zero attached hydrogens (tertiary/aromatic N) is 2. The molecule has 0 bridgehead atoms. The molecule has 6 nitrogen and oxygen atoms in total. The molecule has 0 spiro atoms. The van der Waals surface area contributed by atoms with E-state index < -0.39 is 0 Å². The van der Waals surface area contributed by atoms with Crippen molar-refractivity contribution in [1.82, 2.24) is 15.1 Å². The van der Waals surface area contributed by atoms with Gasteiger partial charge in [-0.15, -0.1) is 0 Å². The molecule has 2 rings (SSSR count). The third-order valence-electron chi connectivity index (χ3n) is 3.22. The molecule has 0 aliphatic rings. The summed E-state index contributed by atoms with van der Waals surface area (Å²) in [6.07, 6.45) is 0. The van der Waals surface area contributed by atoms with E-state index in [1.54, 1.807) is 18.9 Å². The number of aromatic nitrogens is 2. The van der Waals surface area contributed by atoms with E-state index in [9.17, 15) is 0 Å². The van der Waals surface area contributed by atoms with Crippen LogP contribution in [0.2, 0.25) is 0 Å². The van der Waals surface area contributed by atoms with E-state index in [0.29, 0.717) is 29.7 Å². The first-order chi connectivity index (χ1) is 10.1. The zero-order chi connectivity index (χ0) is 15.4. The SMILES string of the molecule is CNCc1c(C)nn(C)c1Oc1c(OC)cccc1OC. The van der Waals surface area contributed by atoms with Crippen molar-refractivity contribution in [2.45, 2.75) is 13.5 Å². The number of aryl methyl sites for hydroxylation is 2. The first-order valence-electron chi connectivity index (χ1n) is 6.68. The minimum Gasteiger partial charge on any atom is -0.493 e. The van der Waals surface area contributed by atoms with E-state index >= 15 is 0 Å². The summed E-state index contributed by atoms with van der Waals surface area (Å²) in [5, 5.41) is 7.53. The molecule has 0 radical (unpaired) electrons. The fraction of sp³-hybridized carbons (Fsp3) is 0.400. The van der Waals surface area contributed by atoms with Crippen LogP contribution in [0.15, 0.2) is 18.2 Å². The van der Waals surface area contributed by atoms with Crippen molar-refractivity contribution < 1.29 is 14.2 Å². The molecule has 0 atom stereocenters. The lowest BCUT2D eigenvalue weighted by Gasteiger charge is -2.15. The molecule has 0 saturated carbocycles. The highest BCUT2D eigenvalue weighted by molar-refractivity contribution is 5.53. The molecule has 21 heavy (non-hydrogen) atoms. The molecule has 0 aliphatic heterocycles. The van der Waals surface area contributed by atoms with E-state index in [1.807, 2.05) is 39.2 Å². The largest absolute Gasteiger partial charge is 0.493 e. The van der Waals surface area contributed by atoms with Crippen molar-refractivity contribution in [3.63, 3.8) is 0 Å². The maximum atomic E-state index is 6.07. The Morgan fingerprint density at radius 3 is 2.33 bits per heavy atom. The Bertz CT molecular complexity index is 601. The highest BCUT2D eigenvalue weighted by Gasteiger charge is 2.19.